The van der Waals surface area contributed by atoms with Crippen molar-refractivity contribution < 1.29 is 9.18 Å². The number of halogens is 1. The quantitative estimate of drug-likeness (QED) is 0.618. The van der Waals surface area contributed by atoms with E-state index in [-0.39, 0.29) is 11.7 Å². The zero-order chi connectivity index (χ0) is 20.5. The molecule has 150 valence electrons. The lowest BCUT2D eigenvalue weighted by Gasteiger charge is -2.30. The molecule has 1 aliphatic heterocycles. The maximum Gasteiger partial charge on any atom is 0.272 e. The van der Waals surface area contributed by atoms with Crippen molar-refractivity contribution in [1.82, 2.24) is 14.7 Å². The minimum absolute atomic E-state index is 0.00123. The standard InChI is InChI=1S/C24H26FN3O/c1-16-10-12-27(13-11-16)24(29)23-15-21(19-6-8-20(25)9-7-19)26-28(23)22-14-17(2)4-5-18(22)3/h4-9,14-16H,10-13H2,1-3H3. The number of benzene rings is 2. The summed E-state index contributed by atoms with van der Waals surface area (Å²) in [6.07, 6.45) is 2.04. The highest BCUT2D eigenvalue weighted by molar-refractivity contribution is 5.94. The Morgan fingerprint density at radius 2 is 1.72 bits per heavy atom. The molecule has 0 unspecified atom stereocenters. The second-order valence-corrected chi connectivity index (χ2v) is 8.10. The van der Waals surface area contributed by atoms with Crippen LogP contribution in [0, 0.1) is 25.6 Å². The van der Waals surface area contributed by atoms with Gasteiger partial charge in [0.2, 0.25) is 0 Å². The molecule has 0 aliphatic carbocycles. The molecule has 2 aromatic carbocycles. The van der Waals surface area contributed by atoms with Crippen molar-refractivity contribution in [3.05, 3.63) is 71.2 Å². The summed E-state index contributed by atoms with van der Waals surface area (Å²) in [5.74, 6) is 0.359. The van der Waals surface area contributed by atoms with Crippen molar-refractivity contribution in [1.29, 1.82) is 0 Å². The van der Waals surface area contributed by atoms with E-state index < -0.39 is 0 Å². The fourth-order valence-electron chi connectivity index (χ4n) is 3.80. The van der Waals surface area contributed by atoms with Crippen LogP contribution in [0.3, 0.4) is 0 Å². The zero-order valence-corrected chi connectivity index (χ0v) is 17.2. The molecular weight excluding hydrogens is 365 g/mol. The first kappa shape index (κ1) is 19.4. The number of rotatable bonds is 3. The van der Waals surface area contributed by atoms with E-state index in [0.717, 1.165) is 48.3 Å². The van der Waals surface area contributed by atoms with Gasteiger partial charge in [0.05, 0.1) is 11.4 Å². The van der Waals surface area contributed by atoms with E-state index in [1.807, 2.05) is 36.9 Å². The summed E-state index contributed by atoms with van der Waals surface area (Å²) in [5.41, 5.74) is 5.05. The number of nitrogens with zero attached hydrogens (tertiary/aromatic N) is 3. The van der Waals surface area contributed by atoms with E-state index in [4.69, 9.17) is 5.10 Å². The Hall–Kier alpha value is -2.95. The average molecular weight is 391 g/mol. The van der Waals surface area contributed by atoms with Crippen molar-refractivity contribution in [2.45, 2.75) is 33.6 Å². The van der Waals surface area contributed by atoms with Crippen molar-refractivity contribution in [2.24, 2.45) is 5.92 Å². The Balaban J connectivity index is 1.80. The lowest BCUT2D eigenvalue weighted by atomic mass is 9.99. The largest absolute Gasteiger partial charge is 0.337 e. The summed E-state index contributed by atoms with van der Waals surface area (Å²) in [5, 5.41) is 4.76. The summed E-state index contributed by atoms with van der Waals surface area (Å²) in [6, 6.07) is 14.2. The highest BCUT2D eigenvalue weighted by Gasteiger charge is 2.26. The van der Waals surface area contributed by atoms with E-state index in [1.165, 1.54) is 12.1 Å². The first-order chi connectivity index (χ1) is 13.9. The second-order valence-electron chi connectivity index (χ2n) is 8.10. The van der Waals surface area contributed by atoms with Crippen molar-refractivity contribution in [3.63, 3.8) is 0 Å². The van der Waals surface area contributed by atoms with Crippen LogP contribution < -0.4 is 0 Å². The third kappa shape index (κ3) is 3.95. The fraction of sp³-hybridized carbons (Fsp3) is 0.333. The maximum absolute atomic E-state index is 13.4. The minimum Gasteiger partial charge on any atom is -0.337 e. The number of aromatic nitrogens is 2. The first-order valence-electron chi connectivity index (χ1n) is 10.2. The Morgan fingerprint density at radius 3 is 2.41 bits per heavy atom. The predicted molar refractivity (Wildman–Crippen MR) is 113 cm³/mol. The number of amides is 1. The number of likely N-dealkylation sites (tertiary alicyclic amines) is 1. The molecule has 3 aromatic rings. The van der Waals surface area contributed by atoms with Crippen LogP contribution in [0.4, 0.5) is 4.39 Å². The van der Waals surface area contributed by atoms with Gasteiger partial charge in [0.1, 0.15) is 11.5 Å². The van der Waals surface area contributed by atoms with Gasteiger partial charge in [-0.25, -0.2) is 9.07 Å². The number of hydrogen-bond acceptors (Lipinski definition) is 2. The van der Waals surface area contributed by atoms with Gasteiger partial charge >= 0.3 is 0 Å². The molecule has 5 heteroatoms. The molecule has 1 fully saturated rings. The topological polar surface area (TPSA) is 38.1 Å². The van der Waals surface area contributed by atoms with Crippen LogP contribution in [0.1, 0.15) is 41.4 Å². The fourth-order valence-corrected chi connectivity index (χ4v) is 3.80. The van der Waals surface area contributed by atoms with Crippen LogP contribution in [-0.4, -0.2) is 33.7 Å². The molecule has 1 aromatic heterocycles. The van der Waals surface area contributed by atoms with Crippen LogP contribution in [0.25, 0.3) is 16.9 Å². The monoisotopic (exact) mass is 391 g/mol. The Kier molecular flexibility index (Phi) is 5.22. The smallest absolute Gasteiger partial charge is 0.272 e. The number of hydrogen-bond donors (Lipinski definition) is 0. The third-order valence-corrected chi connectivity index (χ3v) is 5.73. The molecule has 1 amide bonds. The average Bonchev–Trinajstić information content (AvgIpc) is 3.15. The minimum atomic E-state index is -0.290. The number of aryl methyl sites for hydroxylation is 2. The zero-order valence-electron chi connectivity index (χ0n) is 17.2. The number of piperidine rings is 1. The molecule has 1 aliphatic rings. The molecule has 4 nitrogen and oxygen atoms in total. The van der Waals surface area contributed by atoms with Crippen LogP contribution in [0.5, 0.6) is 0 Å². The first-order valence-corrected chi connectivity index (χ1v) is 10.2. The molecule has 0 N–H and O–H groups in total. The van der Waals surface area contributed by atoms with Gasteiger partial charge in [-0.1, -0.05) is 19.1 Å². The van der Waals surface area contributed by atoms with E-state index in [0.29, 0.717) is 17.3 Å². The molecule has 0 spiro atoms. The second kappa shape index (κ2) is 7.82. The molecule has 0 atom stereocenters. The van der Waals surface area contributed by atoms with Crippen LogP contribution in [0.2, 0.25) is 0 Å². The summed E-state index contributed by atoms with van der Waals surface area (Å²) in [6.45, 7) is 7.81. The number of carbonyl (C=O) groups is 1. The summed E-state index contributed by atoms with van der Waals surface area (Å²) in [4.78, 5) is 15.3. The molecule has 2 heterocycles. The van der Waals surface area contributed by atoms with Gasteiger partial charge in [0, 0.05) is 18.7 Å². The highest BCUT2D eigenvalue weighted by atomic mass is 19.1. The van der Waals surface area contributed by atoms with Gasteiger partial charge < -0.3 is 4.90 Å². The van der Waals surface area contributed by atoms with Crippen molar-refractivity contribution >= 4 is 5.91 Å². The summed E-state index contributed by atoms with van der Waals surface area (Å²) < 4.78 is 15.1. The number of carbonyl (C=O) groups excluding carboxylic acids is 1. The van der Waals surface area contributed by atoms with E-state index >= 15 is 0 Å². The highest BCUT2D eigenvalue weighted by Crippen LogP contribution is 2.26. The molecule has 4 rings (SSSR count). The molecular formula is C24H26FN3O. The Labute approximate surface area is 171 Å². The summed E-state index contributed by atoms with van der Waals surface area (Å²) >= 11 is 0. The Morgan fingerprint density at radius 1 is 1.03 bits per heavy atom. The predicted octanol–water partition coefficient (Wildman–Crippen LogP) is 5.17. The van der Waals surface area contributed by atoms with Crippen LogP contribution in [-0.2, 0) is 0 Å². The van der Waals surface area contributed by atoms with Crippen LogP contribution >= 0.6 is 0 Å². The van der Waals surface area contributed by atoms with E-state index in [2.05, 4.69) is 13.0 Å². The molecule has 0 saturated carbocycles. The summed E-state index contributed by atoms with van der Waals surface area (Å²) in [7, 11) is 0. The van der Waals surface area contributed by atoms with Crippen molar-refractivity contribution in [2.75, 3.05) is 13.1 Å². The van der Waals surface area contributed by atoms with Gasteiger partial charge in [-0.05, 0) is 80.1 Å². The Bertz CT molecular complexity index is 1030. The molecule has 1 saturated heterocycles. The van der Waals surface area contributed by atoms with Crippen LogP contribution in [0.15, 0.2) is 48.5 Å². The molecule has 0 bridgehead atoms. The maximum atomic E-state index is 13.4. The lowest BCUT2D eigenvalue weighted by molar-refractivity contribution is 0.0688. The molecule has 29 heavy (non-hydrogen) atoms. The van der Waals surface area contributed by atoms with Gasteiger partial charge in [-0.2, -0.15) is 5.10 Å². The van der Waals surface area contributed by atoms with Gasteiger partial charge in [-0.3, -0.25) is 4.79 Å². The molecule has 0 radical (unpaired) electrons. The van der Waals surface area contributed by atoms with E-state index in [9.17, 15) is 9.18 Å². The SMILES string of the molecule is Cc1ccc(C)c(-n2nc(-c3ccc(F)cc3)cc2C(=O)N2CCC(C)CC2)c1. The lowest BCUT2D eigenvalue weighted by Crippen LogP contribution is -2.38. The van der Waals surface area contributed by atoms with Gasteiger partial charge in [0.25, 0.3) is 5.91 Å². The van der Waals surface area contributed by atoms with Gasteiger partial charge in [-0.15, -0.1) is 0 Å². The van der Waals surface area contributed by atoms with Gasteiger partial charge in [0.15, 0.2) is 0 Å². The van der Waals surface area contributed by atoms with Crippen molar-refractivity contribution in [3.8, 4) is 16.9 Å². The van der Waals surface area contributed by atoms with E-state index in [1.54, 1.807) is 16.8 Å². The third-order valence-electron chi connectivity index (χ3n) is 5.73. The normalized spacial score (nSPS) is 15.0.